The van der Waals surface area contributed by atoms with Crippen molar-refractivity contribution in [2.75, 3.05) is 19.8 Å². The number of nitrogens with zero attached hydrogens (tertiary/aromatic N) is 4. The molecule has 0 aliphatic carbocycles. The Kier molecular flexibility index (Phi) is 4.47. The second kappa shape index (κ2) is 6.80. The fraction of sp³-hybridized carbons (Fsp3) is 0.556. The number of fused-ring (bicyclic) bond motifs is 1. The molecule has 0 aromatic carbocycles. The molecule has 9 heteroatoms. The van der Waals surface area contributed by atoms with E-state index in [-0.39, 0.29) is 17.5 Å². The van der Waals surface area contributed by atoms with Gasteiger partial charge in [-0.05, 0) is 12.8 Å². The van der Waals surface area contributed by atoms with Crippen molar-refractivity contribution >= 4 is 5.91 Å². The van der Waals surface area contributed by atoms with Gasteiger partial charge in [0.2, 0.25) is 0 Å². The number of rotatable bonds is 2. The van der Waals surface area contributed by atoms with Crippen molar-refractivity contribution in [3.8, 4) is 0 Å². The molecule has 27 heavy (non-hydrogen) atoms. The van der Waals surface area contributed by atoms with Crippen LogP contribution in [-0.4, -0.2) is 44.7 Å². The lowest BCUT2D eigenvalue weighted by Gasteiger charge is -2.26. The first-order chi connectivity index (χ1) is 13.0. The van der Waals surface area contributed by atoms with Gasteiger partial charge >= 0.3 is 5.69 Å². The lowest BCUT2D eigenvalue weighted by atomic mass is 10.0. The number of ether oxygens (including phenoxy) is 1. The summed E-state index contributed by atoms with van der Waals surface area (Å²) in [6.07, 6.45) is 2.34. The van der Waals surface area contributed by atoms with Gasteiger partial charge in [0.05, 0.1) is 6.54 Å². The van der Waals surface area contributed by atoms with E-state index in [1.807, 2.05) is 0 Å². The Balaban J connectivity index is 1.58. The molecule has 2 aromatic heterocycles. The Morgan fingerprint density at radius 2 is 1.93 bits per heavy atom. The minimum Gasteiger partial charge on any atom is -0.445 e. The topological polar surface area (TPSA) is 99.6 Å². The standard InChI is InChI=1S/C18H22N4O5/c1-20-13(9-15(23)21(2)18(20)25)17(24)22-6-3-14-12(10-22)19-16(27-14)11-4-7-26-8-5-11/h9,11H,3-8,10H2,1-2H3. The number of oxazole rings is 1. The molecule has 1 saturated heterocycles. The van der Waals surface area contributed by atoms with Gasteiger partial charge < -0.3 is 14.1 Å². The molecule has 0 saturated carbocycles. The number of amides is 1. The molecule has 4 heterocycles. The monoisotopic (exact) mass is 374 g/mol. The zero-order valence-corrected chi connectivity index (χ0v) is 15.4. The molecule has 1 amide bonds. The Labute approximate surface area is 155 Å². The SMILES string of the molecule is Cn1c(C(=O)N2CCc3oc(C4CCOCC4)nc3C2)cc(=O)n(C)c1=O. The summed E-state index contributed by atoms with van der Waals surface area (Å²) in [5, 5.41) is 0. The highest BCUT2D eigenvalue weighted by Gasteiger charge is 2.30. The van der Waals surface area contributed by atoms with E-state index in [4.69, 9.17) is 9.15 Å². The molecular weight excluding hydrogens is 352 g/mol. The van der Waals surface area contributed by atoms with Crippen LogP contribution in [0.1, 0.15) is 46.6 Å². The molecule has 144 valence electrons. The van der Waals surface area contributed by atoms with Gasteiger partial charge in [-0.2, -0.15) is 0 Å². The van der Waals surface area contributed by atoms with Gasteiger partial charge in [-0.25, -0.2) is 9.78 Å². The van der Waals surface area contributed by atoms with E-state index < -0.39 is 11.2 Å². The number of carbonyl (C=O) groups is 1. The van der Waals surface area contributed by atoms with Crippen molar-refractivity contribution in [3.63, 3.8) is 0 Å². The smallest absolute Gasteiger partial charge is 0.331 e. The van der Waals surface area contributed by atoms with Crippen LogP contribution in [0.2, 0.25) is 0 Å². The third-order valence-corrected chi connectivity index (χ3v) is 5.35. The largest absolute Gasteiger partial charge is 0.445 e. The molecule has 0 atom stereocenters. The van der Waals surface area contributed by atoms with Gasteiger partial charge in [0.25, 0.3) is 11.5 Å². The third kappa shape index (κ3) is 3.12. The fourth-order valence-corrected chi connectivity index (χ4v) is 3.61. The number of hydrogen-bond acceptors (Lipinski definition) is 6. The van der Waals surface area contributed by atoms with E-state index in [1.165, 1.54) is 24.7 Å². The van der Waals surface area contributed by atoms with Crippen molar-refractivity contribution in [2.45, 2.75) is 31.7 Å². The van der Waals surface area contributed by atoms with Crippen LogP contribution in [-0.2, 0) is 31.8 Å². The summed E-state index contributed by atoms with van der Waals surface area (Å²) >= 11 is 0. The summed E-state index contributed by atoms with van der Waals surface area (Å²) in [6.45, 7) is 2.18. The van der Waals surface area contributed by atoms with E-state index in [9.17, 15) is 14.4 Å². The molecule has 0 N–H and O–H groups in total. The van der Waals surface area contributed by atoms with Crippen LogP contribution in [0.4, 0.5) is 0 Å². The van der Waals surface area contributed by atoms with E-state index in [0.717, 1.165) is 34.8 Å². The van der Waals surface area contributed by atoms with Gasteiger partial charge in [0, 0.05) is 52.3 Å². The summed E-state index contributed by atoms with van der Waals surface area (Å²) in [4.78, 5) is 43.1. The van der Waals surface area contributed by atoms with Crippen molar-refractivity contribution < 1.29 is 13.9 Å². The molecule has 2 aliphatic rings. The summed E-state index contributed by atoms with van der Waals surface area (Å²) < 4.78 is 13.5. The van der Waals surface area contributed by atoms with E-state index >= 15 is 0 Å². The lowest BCUT2D eigenvalue weighted by Crippen LogP contribution is -2.43. The van der Waals surface area contributed by atoms with Crippen LogP contribution < -0.4 is 11.2 Å². The van der Waals surface area contributed by atoms with Gasteiger partial charge in [-0.1, -0.05) is 0 Å². The van der Waals surface area contributed by atoms with Gasteiger partial charge in [-0.15, -0.1) is 0 Å². The van der Waals surface area contributed by atoms with E-state index in [1.54, 1.807) is 4.90 Å². The van der Waals surface area contributed by atoms with Crippen LogP contribution in [0.3, 0.4) is 0 Å². The highest BCUT2D eigenvalue weighted by Crippen LogP contribution is 2.30. The maximum Gasteiger partial charge on any atom is 0.331 e. The Morgan fingerprint density at radius 3 is 2.67 bits per heavy atom. The van der Waals surface area contributed by atoms with Gasteiger partial charge in [0.15, 0.2) is 5.89 Å². The van der Waals surface area contributed by atoms with Crippen molar-refractivity contribution in [1.82, 2.24) is 19.0 Å². The highest BCUT2D eigenvalue weighted by molar-refractivity contribution is 5.92. The predicted octanol–water partition coefficient (Wildman–Crippen LogP) is 0.165. The zero-order valence-electron chi connectivity index (χ0n) is 15.4. The van der Waals surface area contributed by atoms with Crippen molar-refractivity contribution in [3.05, 3.63) is 49.9 Å². The zero-order chi connectivity index (χ0) is 19.1. The minimum atomic E-state index is -0.521. The number of hydrogen-bond donors (Lipinski definition) is 0. The van der Waals surface area contributed by atoms with Crippen LogP contribution in [0.15, 0.2) is 20.1 Å². The average Bonchev–Trinajstić information content (AvgIpc) is 3.12. The molecule has 4 rings (SSSR count). The van der Waals surface area contributed by atoms with Crippen molar-refractivity contribution in [1.29, 1.82) is 0 Å². The predicted molar refractivity (Wildman–Crippen MR) is 94.7 cm³/mol. The minimum absolute atomic E-state index is 0.0831. The molecule has 2 aliphatic heterocycles. The Bertz CT molecular complexity index is 996. The fourth-order valence-electron chi connectivity index (χ4n) is 3.61. The van der Waals surface area contributed by atoms with Gasteiger partial charge in [-0.3, -0.25) is 18.7 Å². The van der Waals surface area contributed by atoms with Crippen LogP contribution in [0.25, 0.3) is 0 Å². The summed E-state index contributed by atoms with van der Waals surface area (Å²) in [6, 6.07) is 1.20. The quantitative estimate of drug-likeness (QED) is 0.743. The molecule has 2 aromatic rings. The Hall–Kier alpha value is -2.68. The average molecular weight is 374 g/mol. The van der Waals surface area contributed by atoms with Crippen LogP contribution in [0, 0.1) is 0 Å². The summed E-state index contributed by atoms with van der Waals surface area (Å²) in [7, 11) is 2.88. The maximum atomic E-state index is 12.9. The molecule has 0 radical (unpaired) electrons. The first-order valence-electron chi connectivity index (χ1n) is 9.08. The number of aromatic nitrogens is 3. The second-order valence-electron chi connectivity index (χ2n) is 7.05. The molecule has 9 nitrogen and oxygen atoms in total. The maximum absolute atomic E-state index is 12.9. The molecule has 0 bridgehead atoms. The third-order valence-electron chi connectivity index (χ3n) is 5.35. The summed E-state index contributed by atoms with van der Waals surface area (Å²) in [5.41, 5.74) is -0.182. The lowest BCUT2D eigenvalue weighted by molar-refractivity contribution is 0.0714. The van der Waals surface area contributed by atoms with E-state index in [2.05, 4.69) is 4.98 Å². The molecule has 0 spiro atoms. The second-order valence-corrected chi connectivity index (χ2v) is 7.05. The molecular formula is C18H22N4O5. The van der Waals surface area contributed by atoms with Gasteiger partial charge in [0.1, 0.15) is 17.1 Å². The summed E-state index contributed by atoms with van der Waals surface area (Å²) in [5.74, 6) is 1.44. The molecule has 0 unspecified atom stereocenters. The Morgan fingerprint density at radius 1 is 1.19 bits per heavy atom. The normalized spacial score (nSPS) is 17.8. The van der Waals surface area contributed by atoms with Crippen LogP contribution in [0.5, 0.6) is 0 Å². The number of carbonyl (C=O) groups excluding carboxylic acids is 1. The van der Waals surface area contributed by atoms with Crippen molar-refractivity contribution in [2.24, 2.45) is 14.1 Å². The van der Waals surface area contributed by atoms with Crippen LogP contribution >= 0.6 is 0 Å². The highest BCUT2D eigenvalue weighted by atomic mass is 16.5. The van der Waals surface area contributed by atoms with E-state index in [0.29, 0.717) is 32.7 Å². The first kappa shape index (κ1) is 17.7. The first-order valence-corrected chi connectivity index (χ1v) is 9.08. The molecule has 1 fully saturated rings.